The average molecular weight is 240 g/mol. The fourth-order valence-corrected chi connectivity index (χ4v) is 2.08. The second-order valence-electron chi connectivity index (χ2n) is 3.79. The number of urea groups is 1. The number of hydrogen-bond donors (Lipinski definition) is 2. The van der Waals surface area contributed by atoms with Gasteiger partial charge in [0.15, 0.2) is 0 Å². The lowest BCUT2D eigenvalue weighted by molar-refractivity contribution is 0.250. The van der Waals surface area contributed by atoms with E-state index in [9.17, 15) is 4.79 Å². The third-order valence-electron chi connectivity index (χ3n) is 2.63. The van der Waals surface area contributed by atoms with Crippen LogP contribution in [0.3, 0.4) is 0 Å². The van der Waals surface area contributed by atoms with Gasteiger partial charge in [0, 0.05) is 12.6 Å². The number of para-hydroxylation sites is 1. The van der Waals surface area contributed by atoms with Gasteiger partial charge in [0.1, 0.15) is 0 Å². The quantitative estimate of drug-likeness (QED) is 0.842. The summed E-state index contributed by atoms with van der Waals surface area (Å²) in [4.78, 5) is 13.4. The molecule has 1 fully saturated rings. The topological polar surface area (TPSA) is 58.4 Å². The maximum absolute atomic E-state index is 11.7. The van der Waals surface area contributed by atoms with E-state index in [0.29, 0.717) is 18.1 Å². The number of rotatable bonds is 3. The molecule has 0 aromatic heterocycles. The van der Waals surface area contributed by atoms with Crippen molar-refractivity contribution in [1.82, 2.24) is 5.32 Å². The first-order valence-electron chi connectivity index (χ1n) is 5.25. The maximum Gasteiger partial charge on any atom is 0.322 e. The molecule has 0 bridgehead atoms. The Hall–Kier alpha value is -1.26. The number of benzene rings is 1. The number of halogens is 1. The minimum absolute atomic E-state index is 0.105. The highest BCUT2D eigenvalue weighted by Gasteiger charge is 2.29. The molecule has 16 heavy (non-hydrogen) atoms. The summed E-state index contributed by atoms with van der Waals surface area (Å²) in [5.41, 5.74) is 6.22. The lowest BCUT2D eigenvalue weighted by Gasteiger charge is -2.15. The van der Waals surface area contributed by atoms with Crippen molar-refractivity contribution in [1.29, 1.82) is 0 Å². The Bertz CT molecular complexity index is 397. The molecule has 0 saturated carbocycles. The highest BCUT2D eigenvalue weighted by molar-refractivity contribution is 6.33. The molecule has 1 atom stereocenters. The number of carbonyl (C=O) groups is 1. The zero-order valence-electron chi connectivity index (χ0n) is 8.82. The Morgan fingerprint density at radius 1 is 1.50 bits per heavy atom. The largest absolute Gasteiger partial charge is 0.333 e. The number of carbonyl (C=O) groups excluding carboxylic acids is 1. The molecule has 1 aromatic rings. The molecule has 1 saturated heterocycles. The molecule has 1 unspecified atom stereocenters. The number of amides is 2. The molecule has 2 rings (SSSR count). The van der Waals surface area contributed by atoms with Crippen molar-refractivity contribution in [3.63, 3.8) is 0 Å². The van der Waals surface area contributed by atoms with Gasteiger partial charge in [0.25, 0.3) is 0 Å². The van der Waals surface area contributed by atoms with E-state index in [0.717, 1.165) is 12.1 Å². The van der Waals surface area contributed by atoms with Crippen LogP contribution in [0.15, 0.2) is 24.3 Å². The Balaban J connectivity index is 2.17. The predicted molar refractivity (Wildman–Crippen MR) is 64.8 cm³/mol. The molecule has 1 aliphatic rings. The SMILES string of the molecule is NCCC1CN(c2ccccc2Cl)C(=O)N1. The molecule has 1 aliphatic heterocycles. The van der Waals surface area contributed by atoms with Crippen LogP contribution in [0.1, 0.15) is 6.42 Å². The van der Waals surface area contributed by atoms with Gasteiger partial charge < -0.3 is 11.1 Å². The zero-order valence-corrected chi connectivity index (χ0v) is 9.57. The minimum Gasteiger partial charge on any atom is -0.333 e. The summed E-state index contributed by atoms with van der Waals surface area (Å²) in [5.74, 6) is 0. The van der Waals surface area contributed by atoms with Gasteiger partial charge in [-0.2, -0.15) is 0 Å². The van der Waals surface area contributed by atoms with E-state index in [1.54, 1.807) is 11.0 Å². The Kier molecular flexibility index (Phi) is 3.31. The first-order chi connectivity index (χ1) is 7.72. The number of nitrogens with zero attached hydrogens (tertiary/aromatic N) is 1. The Labute approximate surface area is 99.4 Å². The molecule has 2 amide bonds. The molecular formula is C11H14ClN3O. The van der Waals surface area contributed by atoms with Gasteiger partial charge >= 0.3 is 6.03 Å². The van der Waals surface area contributed by atoms with Crippen LogP contribution in [-0.4, -0.2) is 25.2 Å². The van der Waals surface area contributed by atoms with Crippen molar-refractivity contribution < 1.29 is 4.79 Å². The van der Waals surface area contributed by atoms with E-state index in [2.05, 4.69) is 5.32 Å². The summed E-state index contributed by atoms with van der Waals surface area (Å²) in [7, 11) is 0. The van der Waals surface area contributed by atoms with E-state index in [4.69, 9.17) is 17.3 Å². The van der Waals surface area contributed by atoms with E-state index < -0.39 is 0 Å². The molecule has 0 aliphatic carbocycles. The van der Waals surface area contributed by atoms with Crippen LogP contribution >= 0.6 is 11.6 Å². The zero-order chi connectivity index (χ0) is 11.5. The lowest BCUT2D eigenvalue weighted by Crippen LogP contribution is -2.29. The van der Waals surface area contributed by atoms with Crippen molar-refractivity contribution in [2.45, 2.75) is 12.5 Å². The van der Waals surface area contributed by atoms with Crippen LogP contribution in [0.4, 0.5) is 10.5 Å². The standard InChI is InChI=1S/C11H14ClN3O/c12-9-3-1-2-4-10(9)15-7-8(5-6-13)14-11(15)16/h1-4,8H,5-7,13H2,(H,14,16). The van der Waals surface area contributed by atoms with Crippen LogP contribution in [0.5, 0.6) is 0 Å². The van der Waals surface area contributed by atoms with Crippen molar-refractivity contribution >= 4 is 23.3 Å². The van der Waals surface area contributed by atoms with Crippen molar-refractivity contribution in [3.8, 4) is 0 Å². The molecule has 1 aromatic carbocycles. The molecule has 4 nitrogen and oxygen atoms in total. The third kappa shape index (κ3) is 2.13. The van der Waals surface area contributed by atoms with Crippen LogP contribution in [-0.2, 0) is 0 Å². The summed E-state index contributed by atoms with van der Waals surface area (Å²) < 4.78 is 0. The smallest absolute Gasteiger partial charge is 0.322 e. The fraction of sp³-hybridized carbons (Fsp3) is 0.364. The number of nitrogens with one attached hydrogen (secondary N) is 1. The monoisotopic (exact) mass is 239 g/mol. The van der Waals surface area contributed by atoms with Gasteiger partial charge in [-0.15, -0.1) is 0 Å². The molecule has 86 valence electrons. The van der Waals surface area contributed by atoms with Crippen molar-refractivity contribution in [2.75, 3.05) is 18.0 Å². The molecular weight excluding hydrogens is 226 g/mol. The third-order valence-corrected chi connectivity index (χ3v) is 2.95. The number of hydrogen-bond acceptors (Lipinski definition) is 2. The highest BCUT2D eigenvalue weighted by Crippen LogP contribution is 2.27. The molecule has 3 N–H and O–H groups in total. The van der Waals surface area contributed by atoms with Crippen LogP contribution < -0.4 is 16.0 Å². The summed E-state index contributed by atoms with van der Waals surface area (Å²) in [6.45, 7) is 1.20. The Morgan fingerprint density at radius 3 is 2.94 bits per heavy atom. The van der Waals surface area contributed by atoms with E-state index in [1.165, 1.54) is 0 Å². The van der Waals surface area contributed by atoms with E-state index in [1.807, 2.05) is 18.2 Å². The predicted octanol–water partition coefficient (Wildman–Crippen LogP) is 1.59. The fourth-order valence-electron chi connectivity index (χ4n) is 1.84. The van der Waals surface area contributed by atoms with Gasteiger partial charge in [0.05, 0.1) is 10.7 Å². The Morgan fingerprint density at radius 2 is 2.25 bits per heavy atom. The van der Waals surface area contributed by atoms with Gasteiger partial charge in [-0.3, -0.25) is 4.90 Å². The normalized spacial score (nSPS) is 20.0. The lowest BCUT2D eigenvalue weighted by atomic mass is 10.2. The average Bonchev–Trinajstić information content (AvgIpc) is 2.61. The first kappa shape index (κ1) is 11.2. The van der Waals surface area contributed by atoms with Gasteiger partial charge in [-0.1, -0.05) is 23.7 Å². The molecule has 1 heterocycles. The van der Waals surface area contributed by atoms with Gasteiger partial charge in [-0.05, 0) is 25.1 Å². The second-order valence-corrected chi connectivity index (χ2v) is 4.19. The van der Waals surface area contributed by atoms with Crippen molar-refractivity contribution in [3.05, 3.63) is 29.3 Å². The van der Waals surface area contributed by atoms with Gasteiger partial charge in [0.2, 0.25) is 0 Å². The molecule has 0 spiro atoms. The number of anilines is 1. The van der Waals surface area contributed by atoms with Crippen LogP contribution in [0.2, 0.25) is 5.02 Å². The molecule has 5 heteroatoms. The second kappa shape index (κ2) is 4.72. The summed E-state index contributed by atoms with van der Waals surface area (Å²) in [5, 5.41) is 3.47. The summed E-state index contributed by atoms with van der Waals surface area (Å²) in [6, 6.07) is 7.34. The minimum atomic E-state index is -0.105. The summed E-state index contributed by atoms with van der Waals surface area (Å²) >= 11 is 6.05. The number of nitrogens with two attached hydrogens (primary N) is 1. The highest BCUT2D eigenvalue weighted by atomic mass is 35.5. The van der Waals surface area contributed by atoms with Crippen molar-refractivity contribution in [2.24, 2.45) is 5.73 Å². The maximum atomic E-state index is 11.7. The van der Waals surface area contributed by atoms with E-state index >= 15 is 0 Å². The van der Waals surface area contributed by atoms with E-state index in [-0.39, 0.29) is 12.1 Å². The van der Waals surface area contributed by atoms with Gasteiger partial charge in [-0.25, -0.2) is 4.79 Å². The first-order valence-corrected chi connectivity index (χ1v) is 5.63. The summed E-state index contributed by atoms with van der Waals surface area (Å²) in [6.07, 6.45) is 0.784. The van der Waals surface area contributed by atoms with Crippen LogP contribution in [0, 0.1) is 0 Å². The van der Waals surface area contributed by atoms with Crippen LogP contribution in [0.25, 0.3) is 0 Å². The molecule has 0 radical (unpaired) electrons.